The molecule has 0 atom stereocenters. The summed E-state index contributed by atoms with van der Waals surface area (Å²) in [5.41, 5.74) is 2.88. The summed E-state index contributed by atoms with van der Waals surface area (Å²) >= 11 is 0. The van der Waals surface area contributed by atoms with Crippen molar-refractivity contribution < 1.29 is 0 Å². The smallest absolute Gasteiger partial charge is 0.0233 e. The van der Waals surface area contributed by atoms with Crippen LogP contribution in [0.4, 0.5) is 0 Å². The molecule has 0 spiro atoms. The van der Waals surface area contributed by atoms with Gasteiger partial charge in [0.05, 0.1) is 0 Å². The molecule has 0 N–H and O–H groups in total. The second kappa shape index (κ2) is 7.77. The lowest BCUT2D eigenvalue weighted by Crippen LogP contribution is -2.11. The van der Waals surface area contributed by atoms with Crippen molar-refractivity contribution in [3.05, 3.63) is 35.5 Å². The molecule has 0 saturated carbocycles. The van der Waals surface area contributed by atoms with Gasteiger partial charge in [-0.25, -0.2) is 0 Å². The van der Waals surface area contributed by atoms with Gasteiger partial charge in [0, 0.05) is 11.0 Å². The summed E-state index contributed by atoms with van der Waals surface area (Å²) in [5, 5.41) is 0. The molecule has 0 nitrogen and oxygen atoms in total. The number of rotatable bonds is 2. The highest BCUT2D eigenvalue weighted by atomic mass is 14.2. The van der Waals surface area contributed by atoms with Gasteiger partial charge in [-0.05, 0) is 48.7 Å². The Hall–Kier alpha value is -1.22. The summed E-state index contributed by atoms with van der Waals surface area (Å²) in [7, 11) is 0. The SMILES string of the molecule is CC(C)(C)C#C\C(=C/C=C(/C=C/C(C)(C)C)C(C)(C)C)C(C)(C)C. The molecule has 0 amide bonds. The topological polar surface area (TPSA) is 0 Å². The molecule has 0 saturated heterocycles. The van der Waals surface area contributed by atoms with E-state index in [-0.39, 0.29) is 21.7 Å². The van der Waals surface area contributed by atoms with Crippen molar-refractivity contribution >= 4 is 0 Å². The summed E-state index contributed by atoms with van der Waals surface area (Å²) in [6, 6.07) is 0. The van der Waals surface area contributed by atoms with Crippen LogP contribution in [0, 0.1) is 33.5 Å². The lowest BCUT2D eigenvalue weighted by Gasteiger charge is -2.23. The fourth-order valence-corrected chi connectivity index (χ4v) is 1.80. The molecule has 0 fully saturated rings. The van der Waals surface area contributed by atoms with Crippen LogP contribution in [-0.2, 0) is 0 Å². The molecule has 0 aliphatic carbocycles. The van der Waals surface area contributed by atoms with Crippen molar-refractivity contribution in [3.8, 4) is 11.8 Å². The molecule has 0 bridgehead atoms. The Balaban J connectivity index is 5.98. The zero-order chi connectivity index (χ0) is 19.4. The molecule has 0 rings (SSSR count). The third-order valence-corrected chi connectivity index (χ3v) is 3.44. The fourth-order valence-electron chi connectivity index (χ4n) is 1.80. The van der Waals surface area contributed by atoms with E-state index in [2.05, 4.69) is 119 Å². The predicted molar refractivity (Wildman–Crippen MR) is 111 cm³/mol. The van der Waals surface area contributed by atoms with E-state index in [0.717, 1.165) is 0 Å². The van der Waals surface area contributed by atoms with Crippen LogP contribution in [0.15, 0.2) is 35.5 Å². The third kappa shape index (κ3) is 10.5. The predicted octanol–water partition coefficient (Wildman–Crippen LogP) is 7.58. The Morgan fingerprint density at radius 2 is 1.17 bits per heavy atom. The molecule has 0 aliphatic heterocycles. The molecule has 0 aromatic heterocycles. The highest BCUT2D eigenvalue weighted by Crippen LogP contribution is 2.30. The lowest BCUT2D eigenvalue weighted by molar-refractivity contribution is 0.507. The Labute approximate surface area is 152 Å². The second-order valence-electron chi connectivity index (χ2n) is 10.9. The first-order valence-electron chi connectivity index (χ1n) is 9.07. The maximum Gasteiger partial charge on any atom is 0.0233 e. The van der Waals surface area contributed by atoms with Crippen LogP contribution >= 0.6 is 0 Å². The third-order valence-electron chi connectivity index (χ3n) is 3.44. The van der Waals surface area contributed by atoms with E-state index in [4.69, 9.17) is 0 Å². The van der Waals surface area contributed by atoms with Crippen molar-refractivity contribution in [2.45, 2.75) is 83.1 Å². The van der Waals surface area contributed by atoms with Gasteiger partial charge in [-0.3, -0.25) is 0 Å². The summed E-state index contributed by atoms with van der Waals surface area (Å²) in [5.74, 6) is 6.80. The first-order valence-corrected chi connectivity index (χ1v) is 9.07. The van der Waals surface area contributed by atoms with E-state index < -0.39 is 0 Å². The largest absolute Gasteiger partial charge is 0.0923 e. The minimum absolute atomic E-state index is 0.0209. The van der Waals surface area contributed by atoms with Crippen LogP contribution < -0.4 is 0 Å². The van der Waals surface area contributed by atoms with Crippen molar-refractivity contribution in [3.63, 3.8) is 0 Å². The molecular weight excluding hydrogens is 288 g/mol. The second-order valence-corrected chi connectivity index (χ2v) is 10.9. The van der Waals surface area contributed by atoms with E-state index in [1.807, 2.05) is 0 Å². The van der Waals surface area contributed by atoms with Gasteiger partial charge in [0.25, 0.3) is 0 Å². The maximum atomic E-state index is 3.42. The highest BCUT2D eigenvalue weighted by molar-refractivity contribution is 5.40. The van der Waals surface area contributed by atoms with E-state index in [1.54, 1.807) is 0 Å². The summed E-state index contributed by atoms with van der Waals surface area (Å²) < 4.78 is 0. The number of hydrogen-bond acceptors (Lipinski definition) is 0. The van der Waals surface area contributed by atoms with E-state index in [0.29, 0.717) is 0 Å². The average molecular weight is 329 g/mol. The zero-order valence-electron chi connectivity index (χ0n) is 18.3. The lowest BCUT2D eigenvalue weighted by atomic mass is 9.82. The van der Waals surface area contributed by atoms with Crippen LogP contribution in [0.1, 0.15) is 83.1 Å². The van der Waals surface area contributed by atoms with E-state index >= 15 is 0 Å². The number of allylic oxidation sites excluding steroid dienone is 6. The molecule has 0 unspecified atom stereocenters. The van der Waals surface area contributed by atoms with Crippen LogP contribution in [0.5, 0.6) is 0 Å². The Morgan fingerprint density at radius 3 is 1.50 bits per heavy atom. The van der Waals surface area contributed by atoms with Crippen molar-refractivity contribution in [2.75, 3.05) is 0 Å². The summed E-state index contributed by atoms with van der Waals surface area (Å²) in [6.07, 6.45) is 9.02. The molecule has 136 valence electrons. The van der Waals surface area contributed by atoms with Gasteiger partial charge in [0.2, 0.25) is 0 Å². The van der Waals surface area contributed by atoms with Crippen molar-refractivity contribution in [2.24, 2.45) is 21.7 Å². The Kier molecular flexibility index (Phi) is 7.38. The monoisotopic (exact) mass is 328 g/mol. The molecule has 0 radical (unpaired) electrons. The molecule has 0 aromatic rings. The van der Waals surface area contributed by atoms with Gasteiger partial charge in [-0.1, -0.05) is 92.4 Å². The summed E-state index contributed by atoms with van der Waals surface area (Å²) in [4.78, 5) is 0. The molecule has 0 aliphatic rings. The van der Waals surface area contributed by atoms with E-state index in [9.17, 15) is 0 Å². The maximum absolute atomic E-state index is 3.42. The molecule has 0 heterocycles. The quantitative estimate of drug-likeness (QED) is 0.362. The molecular formula is C24H40. The van der Waals surface area contributed by atoms with Crippen LogP contribution in [0.25, 0.3) is 0 Å². The molecule has 0 heteroatoms. The first kappa shape index (κ1) is 22.8. The highest BCUT2D eigenvalue weighted by Gasteiger charge is 2.18. The first-order chi connectivity index (χ1) is 10.4. The van der Waals surface area contributed by atoms with Gasteiger partial charge >= 0.3 is 0 Å². The molecule has 0 aromatic carbocycles. The van der Waals surface area contributed by atoms with Gasteiger partial charge in [0.1, 0.15) is 0 Å². The Morgan fingerprint density at radius 1 is 0.667 bits per heavy atom. The standard InChI is InChI=1S/C24H40/c1-21(2,3)17-15-19(23(7,8)9)13-14-20(24(10,11)12)16-18-22(4,5)6/h13-15,17H,1-12H3/b17-15+,19-13-,20-14+. The minimum Gasteiger partial charge on any atom is -0.0923 e. The van der Waals surface area contributed by atoms with Crippen LogP contribution in [-0.4, -0.2) is 0 Å². The van der Waals surface area contributed by atoms with Crippen molar-refractivity contribution in [1.82, 2.24) is 0 Å². The van der Waals surface area contributed by atoms with Crippen LogP contribution in [0.3, 0.4) is 0 Å². The fraction of sp³-hybridized carbons (Fsp3) is 0.667. The number of hydrogen-bond donors (Lipinski definition) is 0. The average Bonchev–Trinajstić information content (AvgIpc) is 2.26. The normalized spacial score (nSPS) is 15.5. The zero-order valence-corrected chi connectivity index (χ0v) is 18.3. The van der Waals surface area contributed by atoms with Crippen LogP contribution in [0.2, 0.25) is 0 Å². The van der Waals surface area contributed by atoms with Crippen molar-refractivity contribution in [1.29, 1.82) is 0 Å². The van der Waals surface area contributed by atoms with Gasteiger partial charge in [-0.15, -0.1) is 0 Å². The van der Waals surface area contributed by atoms with Gasteiger partial charge in [-0.2, -0.15) is 0 Å². The van der Waals surface area contributed by atoms with E-state index in [1.165, 1.54) is 11.1 Å². The van der Waals surface area contributed by atoms with Gasteiger partial charge in [0.15, 0.2) is 0 Å². The Bertz CT molecular complexity index is 553. The minimum atomic E-state index is 0.0209. The summed E-state index contributed by atoms with van der Waals surface area (Å²) in [6.45, 7) is 26.6. The van der Waals surface area contributed by atoms with Gasteiger partial charge < -0.3 is 0 Å². The molecule has 24 heavy (non-hydrogen) atoms.